The maximum Gasteiger partial charge on any atom is 0.414 e. The Morgan fingerprint density at radius 3 is 2.63 bits per heavy atom. The highest BCUT2D eigenvalue weighted by Gasteiger charge is 2.25. The predicted octanol–water partition coefficient (Wildman–Crippen LogP) is 2.59. The number of hydrogen-bond acceptors (Lipinski definition) is 5. The number of piperazine rings is 1. The zero-order chi connectivity index (χ0) is 18.6. The Morgan fingerprint density at radius 2 is 1.93 bits per heavy atom. The molecule has 1 N–H and O–H groups in total. The first-order chi connectivity index (χ1) is 13.2. The number of nitrogens with one attached hydrogen (secondary N) is 1. The number of furan rings is 1. The molecule has 142 valence electrons. The molecule has 0 saturated carbocycles. The van der Waals surface area contributed by atoms with E-state index in [2.05, 4.69) is 10.2 Å². The van der Waals surface area contributed by atoms with E-state index in [1.807, 2.05) is 30.3 Å². The van der Waals surface area contributed by atoms with Crippen LogP contribution in [0.3, 0.4) is 0 Å². The van der Waals surface area contributed by atoms with Gasteiger partial charge >= 0.3 is 12.1 Å². The first-order valence-electron chi connectivity index (χ1n) is 9.04. The molecule has 0 unspecified atom stereocenters. The quantitative estimate of drug-likeness (QED) is 0.895. The third kappa shape index (κ3) is 4.06. The lowest BCUT2D eigenvalue weighted by Crippen LogP contribution is -2.49. The van der Waals surface area contributed by atoms with Crippen LogP contribution in [0.25, 0.3) is 0 Å². The third-order valence-corrected chi connectivity index (χ3v) is 4.79. The SMILES string of the molecule is O=C(Nc1cccc(N2CCOC2=O)c1)N1CCN(Cc2ccco2)CC1. The van der Waals surface area contributed by atoms with Crippen LogP contribution in [0, 0.1) is 0 Å². The number of carbonyl (C=O) groups excluding carboxylic acids is 2. The van der Waals surface area contributed by atoms with Crippen LogP contribution >= 0.6 is 0 Å². The molecule has 8 nitrogen and oxygen atoms in total. The summed E-state index contributed by atoms with van der Waals surface area (Å²) < 4.78 is 10.3. The molecule has 1 aromatic heterocycles. The number of carbonyl (C=O) groups is 2. The van der Waals surface area contributed by atoms with Crippen LogP contribution in [-0.4, -0.2) is 61.3 Å². The number of ether oxygens (including phenoxy) is 1. The van der Waals surface area contributed by atoms with Crippen LogP contribution in [0.5, 0.6) is 0 Å². The van der Waals surface area contributed by atoms with Gasteiger partial charge < -0.3 is 19.4 Å². The van der Waals surface area contributed by atoms with Crippen molar-refractivity contribution >= 4 is 23.5 Å². The fourth-order valence-corrected chi connectivity index (χ4v) is 3.31. The van der Waals surface area contributed by atoms with Crippen molar-refractivity contribution < 1.29 is 18.7 Å². The van der Waals surface area contributed by atoms with Crippen molar-refractivity contribution in [3.63, 3.8) is 0 Å². The van der Waals surface area contributed by atoms with E-state index in [1.54, 1.807) is 22.1 Å². The summed E-state index contributed by atoms with van der Waals surface area (Å²) in [5.41, 5.74) is 1.38. The molecule has 0 bridgehead atoms. The van der Waals surface area contributed by atoms with Crippen LogP contribution in [0.4, 0.5) is 21.0 Å². The molecule has 2 aliphatic rings. The highest BCUT2D eigenvalue weighted by Crippen LogP contribution is 2.22. The smallest absolute Gasteiger partial charge is 0.414 e. The second-order valence-electron chi connectivity index (χ2n) is 6.59. The molecule has 2 aromatic rings. The van der Waals surface area contributed by atoms with Crippen molar-refractivity contribution in [3.05, 3.63) is 48.4 Å². The summed E-state index contributed by atoms with van der Waals surface area (Å²) in [6, 6.07) is 11.0. The molecular formula is C19H22N4O4. The van der Waals surface area contributed by atoms with E-state index in [0.717, 1.165) is 31.1 Å². The molecule has 27 heavy (non-hydrogen) atoms. The summed E-state index contributed by atoms with van der Waals surface area (Å²) in [5, 5.41) is 2.92. The largest absolute Gasteiger partial charge is 0.468 e. The van der Waals surface area contributed by atoms with Crippen molar-refractivity contribution in [2.45, 2.75) is 6.54 Å². The van der Waals surface area contributed by atoms with Gasteiger partial charge in [-0.1, -0.05) is 6.07 Å². The average molecular weight is 370 g/mol. The van der Waals surface area contributed by atoms with Gasteiger partial charge in [-0.3, -0.25) is 9.80 Å². The van der Waals surface area contributed by atoms with Gasteiger partial charge in [-0.05, 0) is 30.3 Å². The standard InChI is InChI=1S/C19H22N4O4/c24-18(22-8-6-21(7-9-22)14-17-5-2-11-26-17)20-15-3-1-4-16(13-15)23-10-12-27-19(23)25/h1-5,11,13H,6-10,12,14H2,(H,20,24). The molecule has 0 aliphatic carbocycles. The molecule has 2 saturated heterocycles. The highest BCUT2D eigenvalue weighted by molar-refractivity contribution is 5.93. The monoisotopic (exact) mass is 370 g/mol. The van der Waals surface area contributed by atoms with Crippen LogP contribution in [0.1, 0.15) is 5.76 Å². The van der Waals surface area contributed by atoms with Gasteiger partial charge in [-0.15, -0.1) is 0 Å². The Morgan fingerprint density at radius 1 is 1.07 bits per heavy atom. The van der Waals surface area contributed by atoms with Gasteiger partial charge in [0, 0.05) is 37.6 Å². The lowest BCUT2D eigenvalue weighted by molar-refractivity contribution is 0.137. The fourth-order valence-electron chi connectivity index (χ4n) is 3.31. The number of benzene rings is 1. The van der Waals surface area contributed by atoms with Gasteiger partial charge in [0.05, 0.1) is 19.4 Å². The molecule has 3 amide bonds. The summed E-state index contributed by atoms with van der Waals surface area (Å²) in [5.74, 6) is 0.935. The Labute approximate surface area is 157 Å². The van der Waals surface area contributed by atoms with E-state index in [0.29, 0.717) is 31.9 Å². The zero-order valence-electron chi connectivity index (χ0n) is 15.0. The van der Waals surface area contributed by atoms with E-state index in [9.17, 15) is 9.59 Å². The Bertz CT molecular complexity index is 800. The van der Waals surface area contributed by atoms with E-state index >= 15 is 0 Å². The van der Waals surface area contributed by atoms with Crippen LogP contribution in [0.15, 0.2) is 47.1 Å². The summed E-state index contributed by atoms with van der Waals surface area (Å²) in [6.07, 6.45) is 1.32. The summed E-state index contributed by atoms with van der Waals surface area (Å²) in [4.78, 5) is 29.9. The minimum atomic E-state index is -0.355. The van der Waals surface area contributed by atoms with Crippen molar-refractivity contribution in [2.75, 3.05) is 49.5 Å². The van der Waals surface area contributed by atoms with Crippen molar-refractivity contribution in [3.8, 4) is 0 Å². The number of hydrogen-bond donors (Lipinski definition) is 1. The topological polar surface area (TPSA) is 78.3 Å². The molecule has 0 atom stereocenters. The summed E-state index contributed by atoms with van der Waals surface area (Å²) in [6.45, 7) is 4.58. The number of anilines is 2. The van der Waals surface area contributed by atoms with Crippen molar-refractivity contribution in [1.29, 1.82) is 0 Å². The van der Waals surface area contributed by atoms with Gasteiger partial charge in [-0.2, -0.15) is 0 Å². The van der Waals surface area contributed by atoms with Crippen molar-refractivity contribution in [2.24, 2.45) is 0 Å². The van der Waals surface area contributed by atoms with E-state index in [1.165, 1.54) is 0 Å². The molecule has 2 fully saturated rings. The number of urea groups is 1. The van der Waals surface area contributed by atoms with Gasteiger partial charge in [-0.25, -0.2) is 9.59 Å². The minimum Gasteiger partial charge on any atom is -0.468 e. The number of nitrogens with zero attached hydrogens (tertiary/aromatic N) is 3. The molecule has 8 heteroatoms. The van der Waals surface area contributed by atoms with Gasteiger partial charge in [0.25, 0.3) is 0 Å². The maximum atomic E-state index is 12.6. The second kappa shape index (κ2) is 7.71. The third-order valence-electron chi connectivity index (χ3n) is 4.79. The van der Waals surface area contributed by atoms with Crippen LogP contribution in [0.2, 0.25) is 0 Å². The van der Waals surface area contributed by atoms with Crippen molar-refractivity contribution in [1.82, 2.24) is 9.80 Å². The zero-order valence-corrected chi connectivity index (χ0v) is 15.0. The number of rotatable bonds is 4. The second-order valence-corrected chi connectivity index (χ2v) is 6.59. The van der Waals surface area contributed by atoms with E-state index in [4.69, 9.17) is 9.15 Å². The highest BCUT2D eigenvalue weighted by atomic mass is 16.6. The lowest BCUT2D eigenvalue weighted by atomic mass is 10.2. The Hall–Kier alpha value is -3.00. The average Bonchev–Trinajstić information content (AvgIpc) is 3.34. The molecule has 0 spiro atoms. The maximum absolute atomic E-state index is 12.6. The molecule has 2 aliphatic heterocycles. The molecular weight excluding hydrogens is 348 g/mol. The summed E-state index contributed by atoms with van der Waals surface area (Å²) >= 11 is 0. The Balaban J connectivity index is 1.31. The Kier molecular flexibility index (Phi) is 4.97. The van der Waals surface area contributed by atoms with Gasteiger partial charge in [0.15, 0.2) is 0 Å². The van der Waals surface area contributed by atoms with E-state index in [-0.39, 0.29) is 12.1 Å². The normalized spacial score (nSPS) is 17.9. The fraction of sp³-hybridized carbons (Fsp3) is 0.368. The molecule has 0 radical (unpaired) electrons. The first kappa shape index (κ1) is 17.4. The first-order valence-corrected chi connectivity index (χ1v) is 9.04. The van der Waals surface area contributed by atoms with Gasteiger partial charge in [0.2, 0.25) is 0 Å². The van der Waals surface area contributed by atoms with Gasteiger partial charge in [0.1, 0.15) is 12.4 Å². The van der Waals surface area contributed by atoms with Crippen LogP contribution in [-0.2, 0) is 11.3 Å². The predicted molar refractivity (Wildman–Crippen MR) is 99.7 cm³/mol. The minimum absolute atomic E-state index is 0.131. The van der Waals surface area contributed by atoms with Crippen LogP contribution < -0.4 is 10.2 Å². The number of cyclic esters (lactones) is 1. The molecule has 1 aromatic carbocycles. The lowest BCUT2D eigenvalue weighted by Gasteiger charge is -2.34. The number of amides is 3. The molecule has 4 rings (SSSR count). The summed E-state index contributed by atoms with van der Waals surface area (Å²) in [7, 11) is 0. The molecule has 3 heterocycles. The van der Waals surface area contributed by atoms with E-state index < -0.39 is 0 Å².